The number of nitrogens with one attached hydrogen (secondary N) is 1. The van der Waals surface area contributed by atoms with E-state index in [9.17, 15) is 14.0 Å². The molecule has 1 N–H and O–H groups in total. The van der Waals surface area contributed by atoms with Gasteiger partial charge >= 0.3 is 0 Å². The molecule has 0 bridgehead atoms. The standard InChI is InChI=1S/C30H34FN5O4/c1-19(2)15-16-32-30(38)28(22-9-8-12-26(39-4)29(22)40-5)36(21-14-13-20(3)23(31)17-21)27(37)18-35-25-11-7-6-10-24(25)33-34-35/h6-14,17,19,28H,15-16,18H2,1-5H3,(H,32,38). The summed E-state index contributed by atoms with van der Waals surface area (Å²) < 4.78 is 27.5. The number of amides is 2. The van der Waals surface area contributed by atoms with E-state index in [1.165, 1.54) is 29.9 Å². The molecule has 1 atom stereocenters. The molecule has 2 amide bonds. The summed E-state index contributed by atoms with van der Waals surface area (Å²) in [6.45, 7) is 5.91. The van der Waals surface area contributed by atoms with Crippen LogP contribution in [0.4, 0.5) is 10.1 Å². The lowest BCUT2D eigenvalue weighted by Gasteiger charge is -2.32. The van der Waals surface area contributed by atoms with Crippen molar-refractivity contribution in [3.05, 3.63) is 77.6 Å². The molecule has 1 aromatic heterocycles. The van der Waals surface area contributed by atoms with Crippen LogP contribution in [0.25, 0.3) is 11.0 Å². The molecule has 0 spiro atoms. The highest BCUT2D eigenvalue weighted by molar-refractivity contribution is 6.02. The second-order valence-electron chi connectivity index (χ2n) is 9.89. The van der Waals surface area contributed by atoms with Crippen molar-refractivity contribution in [3.63, 3.8) is 0 Å². The van der Waals surface area contributed by atoms with Crippen molar-refractivity contribution < 1.29 is 23.5 Å². The van der Waals surface area contributed by atoms with Gasteiger partial charge in [-0.15, -0.1) is 5.10 Å². The smallest absolute Gasteiger partial charge is 0.249 e. The van der Waals surface area contributed by atoms with Crippen LogP contribution in [0.3, 0.4) is 0 Å². The molecule has 1 heterocycles. The number of carbonyl (C=O) groups is 2. The Morgan fingerprint density at radius 1 is 1.05 bits per heavy atom. The third kappa shape index (κ3) is 6.06. The zero-order chi connectivity index (χ0) is 28.8. The number of nitrogens with zero attached hydrogens (tertiary/aromatic N) is 4. The predicted molar refractivity (Wildman–Crippen MR) is 151 cm³/mol. The summed E-state index contributed by atoms with van der Waals surface area (Å²) >= 11 is 0. The van der Waals surface area contributed by atoms with Gasteiger partial charge in [0, 0.05) is 17.8 Å². The van der Waals surface area contributed by atoms with E-state index in [4.69, 9.17) is 9.47 Å². The van der Waals surface area contributed by atoms with E-state index in [0.717, 1.165) is 6.42 Å². The number of benzene rings is 3. The quantitative estimate of drug-likeness (QED) is 0.289. The van der Waals surface area contributed by atoms with E-state index in [2.05, 4.69) is 29.5 Å². The van der Waals surface area contributed by atoms with E-state index in [1.807, 2.05) is 12.1 Å². The summed E-state index contributed by atoms with van der Waals surface area (Å²) in [5, 5.41) is 11.3. The summed E-state index contributed by atoms with van der Waals surface area (Å²) in [6.07, 6.45) is 0.742. The number of hydrogen-bond donors (Lipinski definition) is 1. The van der Waals surface area contributed by atoms with Gasteiger partial charge in [-0.1, -0.05) is 49.4 Å². The van der Waals surface area contributed by atoms with Gasteiger partial charge in [0.25, 0.3) is 0 Å². The van der Waals surface area contributed by atoms with E-state index < -0.39 is 23.7 Å². The zero-order valence-corrected chi connectivity index (χ0v) is 23.3. The highest BCUT2D eigenvalue weighted by Crippen LogP contribution is 2.39. The maximum atomic E-state index is 14.9. The van der Waals surface area contributed by atoms with Crippen molar-refractivity contribution in [3.8, 4) is 11.5 Å². The molecular weight excluding hydrogens is 513 g/mol. The minimum absolute atomic E-state index is 0.214. The molecule has 0 aliphatic rings. The molecule has 9 nitrogen and oxygen atoms in total. The lowest BCUT2D eigenvalue weighted by Crippen LogP contribution is -2.45. The molecule has 210 valence electrons. The third-order valence-electron chi connectivity index (χ3n) is 6.66. The molecular formula is C30H34FN5O4. The van der Waals surface area contributed by atoms with Crippen LogP contribution in [0, 0.1) is 18.7 Å². The number of para-hydroxylation sites is 2. The number of anilines is 1. The highest BCUT2D eigenvalue weighted by Gasteiger charge is 2.36. The SMILES string of the molecule is COc1cccc(C(C(=O)NCCC(C)C)N(C(=O)Cn2nnc3ccccc32)c2ccc(C)c(F)c2)c1OC. The molecule has 0 saturated heterocycles. The first-order valence-electron chi connectivity index (χ1n) is 13.1. The molecule has 1 unspecified atom stereocenters. The Balaban J connectivity index is 1.87. The zero-order valence-electron chi connectivity index (χ0n) is 23.3. The van der Waals surface area contributed by atoms with Crippen molar-refractivity contribution in [2.45, 2.75) is 39.8 Å². The predicted octanol–water partition coefficient (Wildman–Crippen LogP) is 4.83. The van der Waals surface area contributed by atoms with Crippen LogP contribution >= 0.6 is 0 Å². The minimum Gasteiger partial charge on any atom is -0.493 e. The van der Waals surface area contributed by atoms with E-state index in [1.54, 1.807) is 49.4 Å². The number of ether oxygens (including phenoxy) is 2. The Bertz CT molecular complexity index is 1500. The van der Waals surface area contributed by atoms with Crippen molar-refractivity contribution in [1.82, 2.24) is 20.3 Å². The Labute approximate surface area is 232 Å². The van der Waals surface area contributed by atoms with Gasteiger partial charge in [-0.25, -0.2) is 9.07 Å². The molecule has 0 aliphatic heterocycles. The largest absolute Gasteiger partial charge is 0.493 e. The lowest BCUT2D eigenvalue weighted by atomic mass is 10.0. The number of hydrogen-bond acceptors (Lipinski definition) is 6. The Morgan fingerprint density at radius 2 is 1.82 bits per heavy atom. The minimum atomic E-state index is -1.21. The van der Waals surface area contributed by atoms with Crippen LogP contribution < -0.4 is 19.7 Å². The average Bonchev–Trinajstić information content (AvgIpc) is 3.35. The number of methoxy groups -OCH3 is 2. The Morgan fingerprint density at radius 3 is 2.52 bits per heavy atom. The number of aromatic nitrogens is 3. The summed E-state index contributed by atoms with van der Waals surface area (Å²) in [4.78, 5) is 29.4. The van der Waals surface area contributed by atoms with Gasteiger partial charge in [0.05, 0.1) is 19.7 Å². The first-order chi connectivity index (χ1) is 19.2. The van der Waals surface area contributed by atoms with E-state index in [0.29, 0.717) is 46.1 Å². The summed E-state index contributed by atoms with van der Waals surface area (Å²) in [6, 6.07) is 15.6. The van der Waals surface area contributed by atoms with Crippen LogP contribution in [-0.4, -0.2) is 47.6 Å². The fraction of sp³-hybridized carbons (Fsp3) is 0.333. The van der Waals surface area contributed by atoms with E-state index in [-0.39, 0.29) is 12.2 Å². The fourth-order valence-electron chi connectivity index (χ4n) is 4.51. The number of fused-ring (bicyclic) bond motifs is 1. The van der Waals surface area contributed by atoms with Gasteiger partial charge in [-0.3, -0.25) is 14.5 Å². The maximum Gasteiger partial charge on any atom is 0.249 e. The van der Waals surface area contributed by atoms with Crippen molar-refractivity contribution >= 4 is 28.5 Å². The molecule has 40 heavy (non-hydrogen) atoms. The van der Waals surface area contributed by atoms with Crippen molar-refractivity contribution in [2.24, 2.45) is 5.92 Å². The lowest BCUT2D eigenvalue weighted by molar-refractivity contribution is -0.127. The number of halogens is 1. The average molecular weight is 548 g/mol. The molecule has 4 aromatic rings. The summed E-state index contributed by atoms with van der Waals surface area (Å²) in [5.74, 6) is -0.388. The Hall–Kier alpha value is -4.47. The van der Waals surface area contributed by atoms with Crippen LogP contribution in [0.1, 0.15) is 37.4 Å². The number of rotatable bonds is 11. The van der Waals surface area contributed by atoms with Gasteiger partial charge in [0.2, 0.25) is 11.8 Å². The van der Waals surface area contributed by atoms with Gasteiger partial charge in [0.1, 0.15) is 23.9 Å². The van der Waals surface area contributed by atoms with Crippen molar-refractivity contribution in [2.75, 3.05) is 25.7 Å². The molecule has 0 aliphatic carbocycles. The van der Waals surface area contributed by atoms with Crippen molar-refractivity contribution in [1.29, 1.82) is 0 Å². The summed E-state index contributed by atoms with van der Waals surface area (Å²) in [5.41, 5.74) is 2.30. The first kappa shape index (κ1) is 28.5. The molecule has 4 rings (SSSR count). The topological polar surface area (TPSA) is 98.6 Å². The summed E-state index contributed by atoms with van der Waals surface area (Å²) in [7, 11) is 2.96. The van der Waals surface area contributed by atoms with Gasteiger partial charge in [-0.2, -0.15) is 0 Å². The van der Waals surface area contributed by atoms with Crippen LogP contribution in [0.5, 0.6) is 11.5 Å². The number of carbonyl (C=O) groups excluding carboxylic acids is 2. The van der Waals surface area contributed by atoms with E-state index >= 15 is 0 Å². The van der Waals surface area contributed by atoms with Gasteiger partial charge in [-0.05, 0) is 55.2 Å². The third-order valence-corrected chi connectivity index (χ3v) is 6.66. The second-order valence-corrected chi connectivity index (χ2v) is 9.89. The monoisotopic (exact) mass is 547 g/mol. The van der Waals surface area contributed by atoms with Crippen LogP contribution in [0.2, 0.25) is 0 Å². The number of aryl methyl sites for hydroxylation is 1. The molecule has 0 radical (unpaired) electrons. The molecule has 3 aromatic carbocycles. The molecule has 10 heteroatoms. The second kappa shape index (κ2) is 12.6. The molecule has 0 fully saturated rings. The normalized spacial score (nSPS) is 11.9. The Kier molecular flexibility index (Phi) is 8.98. The highest BCUT2D eigenvalue weighted by atomic mass is 19.1. The molecule has 0 saturated carbocycles. The fourth-order valence-corrected chi connectivity index (χ4v) is 4.51. The maximum absolute atomic E-state index is 14.9. The first-order valence-corrected chi connectivity index (χ1v) is 13.1. The van der Waals surface area contributed by atoms with Gasteiger partial charge < -0.3 is 14.8 Å². The van der Waals surface area contributed by atoms with Gasteiger partial charge in [0.15, 0.2) is 11.5 Å². The van der Waals surface area contributed by atoms with Crippen LogP contribution in [-0.2, 0) is 16.1 Å². The van der Waals surface area contributed by atoms with Crippen LogP contribution in [0.15, 0.2) is 60.7 Å².